The molecule has 0 unspecified atom stereocenters. The SMILES string of the molecule is CN(C)CCNc1ccnc(NN)n1. The maximum absolute atomic E-state index is 5.18. The zero-order valence-corrected chi connectivity index (χ0v) is 8.49. The van der Waals surface area contributed by atoms with Gasteiger partial charge in [0.1, 0.15) is 5.82 Å². The third-order valence-electron chi connectivity index (χ3n) is 1.65. The highest BCUT2D eigenvalue weighted by atomic mass is 15.3. The molecule has 0 aliphatic carbocycles. The van der Waals surface area contributed by atoms with Crippen molar-refractivity contribution in [2.45, 2.75) is 0 Å². The van der Waals surface area contributed by atoms with Crippen LogP contribution < -0.4 is 16.6 Å². The van der Waals surface area contributed by atoms with Crippen LogP contribution in [0.4, 0.5) is 11.8 Å². The van der Waals surface area contributed by atoms with Gasteiger partial charge in [0.25, 0.3) is 0 Å². The van der Waals surface area contributed by atoms with Gasteiger partial charge in [-0.25, -0.2) is 10.8 Å². The number of nitrogens with two attached hydrogens (primary N) is 1. The van der Waals surface area contributed by atoms with Gasteiger partial charge in [0.2, 0.25) is 5.95 Å². The summed E-state index contributed by atoms with van der Waals surface area (Å²) in [6, 6.07) is 1.80. The van der Waals surface area contributed by atoms with Crippen LogP contribution in [0.25, 0.3) is 0 Å². The van der Waals surface area contributed by atoms with E-state index in [2.05, 4.69) is 25.6 Å². The Hall–Kier alpha value is -1.40. The lowest BCUT2D eigenvalue weighted by molar-refractivity contribution is 0.425. The van der Waals surface area contributed by atoms with E-state index in [1.165, 1.54) is 0 Å². The summed E-state index contributed by atoms with van der Waals surface area (Å²) in [5, 5.41) is 3.16. The third kappa shape index (κ3) is 3.55. The van der Waals surface area contributed by atoms with Gasteiger partial charge in [-0.3, -0.25) is 5.43 Å². The van der Waals surface area contributed by atoms with E-state index < -0.39 is 0 Å². The molecule has 0 fully saturated rings. The molecule has 1 aromatic heterocycles. The molecule has 1 heterocycles. The average molecular weight is 196 g/mol. The van der Waals surface area contributed by atoms with Gasteiger partial charge in [0.05, 0.1) is 0 Å². The van der Waals surface area contributed by atoms with E-state index in [1.807, 2.05) is 14.1 Å². The number of nitrogens with one attached hydrogen (secondary N) is 2. The van der Waals surface area contributed by atoms with Crippen molar-refractivity contribution in [3.8, 4) is 0 Å². The molecule has 4 N–H and O–H groups in total. The minimum Gasteiger partial charge on any atom is -0.369 e. The lowest BCUT2D eigenvalue weighted by Gasteiger charge is -2.10. The molecule has 0 amide bonds. The highest BCUT2D eigenvalue weighted by Crippen LogP contribution is 2.03. The summed E-state index contributed by atoms with van der Waals surface area (Å²) in [6.45, 7) is 1.80. The fourth-order valence-corrected chi connectivity index (χ4v) is 0.934. The van der Waals surface area contributed by atoms with Crippen molar-refractivity contribution in [1.29, 1.82) is 0 Å². The van der Waals surface area contributed by atoms with Gasteiger partial charge in [-0.2, -0.15) is 4.98 Å². The van der Waals surface area contributed by atoms with Crippen LogP contribution in [0.2, 0.25) is 0 Å². The molecule has 0 aliphatic rings. The largest absolute Gasteiger partial charge is 0.369 e. The van der Waals surface area contributed by atoms with E-state index in [-0.39, 0.29) is 0 Å². The summed E-state index contributed by atoms with van der Waals surface area (Å²) in [4.78, 5) is 10.1. The van der Waals surface area contributed by atoms with Gasteiger partial charge in [-0.1, -0.05) is 0 Å². The number of hydrazine groups is 1. The fraction of sp³-hybridized carbons (Fsp3) is 0.500. The molecule has 6 heteroatoms. The van der Waals surface area contributed by atoms with Crippen molar-refractivity contribution in [1.82, 2.24) is 14.9 Å². The van der Waals surface area contributed by atoms with E-state index in [0.29, 0.717) is 5.95 Å². The minimum absolute atomic E-state index is 0.417. The topological polar surface area (TPSA) is 79.1 Å². The van der Waals surface area contributed by atoms with Crippen molar-refractivity contribution < 1.29 is 0 Å². The molecule has 0 aromatic carbocycles. The summed E-state index contributed by atoms with van der Waals surface area (Å²) in [7, 11) is 4.04. The Bertz CT molecular complexity index is 274. The smallest absolute Gasteiger partial charge is 0.239 e. The Kier molecular flexibility index (Phi) is 4.09. The number of anilines is 2. The summed E-state index contributed by atoms with van der Waals surface area (Å²) >= 11 is 0. The molecule has 6 nitrogen and oxygen atoms in total. The number of nitrogens with zero attached hydrogens (tertiary/aromatic N) is 3. The van der Waals surface area contributed by atoms with Crippen LogP contribution in [-0.4, -0.2) is 42.1 Å². The molecule has 0 aliphatic heterocycles. The summed E-state index contributed by atoms with van der Waals surface area (Å²) < 4.78 is 0. The Labute approximate surface area is 83.5 Å². The molecular formula is C8H16N6. The first-order valence-electron chi connectivity index (χ1n) is 4.40. The first-order valence-corrected chi connectivity index (χ1v) is 4.40. The number of hydrogen-bond acceptors (Lipinski definition) is 6. The normalized spacial score (nSPS) is 10.3. The Morgan fingerprint density at radius 1 is 1.50 bits per heavy atom. The van der Waals surface area contributed by atoms with E-state index in [9.17, 15) is 0 Å². The molecule has 0 radical (unpaired) electrons. The number of rotatable bonds is 5. The Morgan fingerprint density at radius 2 is 2.29 bits per heavy atom. The van der Waals surface area contributed by atoms with Crippen LogP contribution in [0, 0.1) is 0 Å². The molecule has 0 spiro atoms. The lowest BCUT2D eigenvalue weighted by Crippen LogP contribution is -2.21. The van der Waals surface area contributed by atoms with Crippen LogP contribution in [0.3, 0.4) is 0 Å². The average Bonchev–Trinajstić information content (AvgIpc) is 2.18. The zero-order valence-electron chi connectivity index (χ0n) is 8.49. The molecule has 1 rings (SSSR count). The monoisotopic (exact) mass is 196 g/mol. The second-order valence-electron chi connectivity index (χ2n) is 3.14. The maximum Gasteiger partial charge on any atom is 0.239 e. The predicted octanol–water partition coefficient (Wildman–Crippen LogP) is -0.264. The summed E-state index contributed by atoms with van der Waals surface area (Å²) in [5.74, 6) is 6.37. The number of aromatic nitrogens is 2. The van der Waals surface area contributed by atoms with Crippen LogP contribution in [-0.2, 0) is 0 Å². The van der Waals surface area contributed by atoms with Gasteiger partial charge >= 0.3 is 0 Å². The van der Waals surface area contributed by atoms with E-state index in [1.54, 1.807) is 12.3 Å². The highest BCUT2D eigenvalue weighted by Gasteiger charge is 1.96. The van der Waals surface area contributed by atoms with E-state index in [4.69, 9.17) is 5.84 Å². The van der Waals surface area contributed by atoms with Gasteiger partial charge < -0.3 is 10.2 Å². The van der Waals surface area contributed by atoms with E-state index >= 15 is 0 Å². The maximum atomic E-state index is 5.18. The minimum atomic E-state index is 0.417. The van der Waals surface area contributed by atoms with Crippen molar-refractivity contribution in [2.24, 2.45) is 5.84 Å². The van der Waals surface area contributed by atoms with Crippen LogP contribution in [0.5, 0.6) is 0 Å². The Balaban J connectivity index is 2.42. The van der Waals surface area contributed by atoms with Crippen LogP contribution in [0.15, 0.2) is 12.3 Å². The van der Waals surface area contributed by atoms with Gasteiger partial charge in [0, 0.05) is 19.3 Å². The molecule has 0 bridgehead atoms. The predicted molar refractivity (Wildman–Crippen MR) is 56.9 cm³/mol. The van der Waals surface area contributed by atoms with Crippen molar-refractivity contribution in [2.75, 3.05) is 37.9 Å². The van der Waals surface area contributed by atoms with Gasteiger partial charge in [0.15, 0.2) is 0 Å². The van der Waals surface area contributed by atoms with Crippen molar-refractivity contribution in [3.63, 3.8) is 0 Å². The Morgan fingerprint density at radius 3 is 2.93 bits per heavy atom. The second-order valence-corrected chi connectivity index (χ2v) is 3.14. The summed E-state index contributed by atoms with van der Waals surface area (Å²) in [6.07, 6.45) is 1.65. The van der Waals surface area contributed by atoms with E-state index in [0.717, 1.165) is 18.9 Å². The zero-order chi connectivity index (χ0) is 10.4. The standard InChI is InChI=1S/C8H16N6/c1-14(2)6-5-10-7-3-4-11-8(12-7)13-9/h3-4H,5-6,9H2,1-2H3,(H2,10,11,12,13). The van der Waals surface area contributed by atoms with Gasteiger partial charge in [-0.05, 0) is 20.2 Å². The fourth-order valence-electron chi connectivity index (χ4n) is 0.934. The molecule has 0 saturated heterocycles. The summed E-state index contributed by atoms with van der Waals surface area (Å²) in [5.41, 5.74) is 2.39. The lowest BCUT2D eigenvalue weighted by atomic mass is 10.5. The molecule has 0 atom stereocenters. The molecule has 0 saturated carbocycles. The number of hydrogen-bond donors (Lipinski definition) is 3. The number of nitrogen functional groups attached to an aromatic ring is 1. The first-order chi connectivity index (χ1) is 6.72. The van der Waals surface area contributed by atoms with Crippen molar-refractivity contribution >= 4 is 11.8 Å². The first kappa shape index (κ1) is 10.7. The highest BCUT2D eigenvalue weighted by molar-refractivity contribution is 5.38. The second kappa shape index (κ2) is 5.36. The number of likely N-dealkylation sites (N-methyl/N-ethyl adjacent to an activating group) is 1. The quantitative estimate of drug-likeness (QED) is 0.444. The third-order valence-corrected chi connectivity index (χ3v) is 1.65. The molecule has 78 valence electrons. The molecular weight excluding hydrogens is 180 g/mol. The molecule has 14 heavy (non-hydrogen) atoms. The van der Waals surface area contributed by atoms with Gasteiger partial charge in [-0.15, -0.1) is 0 Å². The van der Waals surface area contributed by atoms with Crippen LogP contribution >= 0.6 is 0 Å². The molecule has 1 aromatic rings. The van der Waals surface area contributed by atoms with Crippen molar-refractivity contribution in [3.05, 3.63) is 12.3 Å². The van der Waals surface area contributed by atoms with Crippen LogP contribution in [0.1, 0.15) is 0 Å².